The summed E-state index contributed by atoms with van der Waals surface area (Å²) in [6, 6.07) is 1.29. The fourth-order valence-corrected chi connectivity index (χ4v) is 2.07. The molecule has 0 bridgehead atoms. The molecule has 3 heteroatoms. The highest BCUT2D eigenvalue weighted by Gasteiger charge is 2.20. The highest BCUT2D eigenvalue weighted by molar-refractivity contribution is 4.79. The molecule has 1 heterocycles. The Morgan fingerprint density at radius 2 is 1.93 bits per heavy atom. The van der Waals surface area contributed by atoms with Crippen LogP contribution in [0.15, 0.2) is 0 Å². The molecular formula is C12H26N2O. The summed E-state index contributed by atoms with van der Waals surface area (Å²) in [7, 11) is 0. The molecule has 1 rings (SSSR count). The quantitative estimate of drug-likeness (QED) is 0.722. The third-order valence-corrected chi connectivity index (χ3v) is 3.37. The van der Waals surface area contributed by atoms with Gasteiger partial charge >= 0.3 is 0 Å². The lowest BCUT2D eigenvalue weighted by Crippen LogP contribution is -2.46. The largest absolute Gasteiger partial charge is 0.392 e. The van der Waals surface area contributed by atoms with Gasteiger partial charge in [0.05, 0.1) is 6.10 Å². The van der Waals surface area contributed by atoms with E-state index in [1.54, 1.807) is 0 Å². The monoisotopic (exact) mass is 214 g/mol. The first-order valence-electron chi connectivity index (χ1n) is 6.29. The van der Waals surface area contributed by atoms with Crippen LogP contribution >= 0.6 is 0 Å². The van der Waals surface area contributed by atoms with Crippen molar-refractivity contribution in [1.82, 2.24) is 10.2 Å². The molecule has 0 amide bonds. The fraction of sp³-hybridized carbons (Fsp3) is 1.00. The summed E-state index contributed by atoms with van der Waals surface area (Å²) < 4.78 is 0. The van der Waals surface area contributed by atoms with Crippen molar-refractivity contribution in [2.24, 2.45) is 0 Å². The maximum atomic E-state index is 9.46. The van der Waals surface area contributed by atoms with Crippen LogP contribution in [0, 0.1) is 0 Å². The van der Waals surface area contributed by atoms with E-state index in [9.17, 15) is 5.11 Å². The molecule has 0 unspecified atom stereocenters. The molecule has 0 spiro atoms. The van der Waals surface area contributed by atoms with Gasteiger partial charge in [0.1, 0.15) is 0 Å². The molecular weight excluding hydrogens is 188 g/mol. The maximum absolute atomic E-state index is 9.46. The van der Waals surface area contributed by atoms with Gasteiger partial charge in [0.2, 0.25) is 0 Å². The lowest BCUT2D eigenvalue weighted by molar-refractivity contribution is 0.135. The first-order chi connectivity index (χ1) is 7.13. The predicted molar refractivity (Wildman–Crippen MR) is 64.0 cm³/mol. The second-order valence-electron chi connectivity index (χ2n) is 4.87. The molecule has 0 radical (unpaired) electrons. The maximum Gasteiger partial charge on any atom is 0.0662 e. The molecule has 0 aromatic carbocycles. The van der Waals surface area contributed by atoms with Crippen LogP contribution in [0.2, 0.25) is 0 Å². The Hall–Kier alpha value is -0.120. The van der Waals surface area contributed by atoms with Gasteiger partial charge in [0, 0.05) is 18.6 Å². The Morgan fingerprint density at radius 3 is 2.40 bits per heavy atom. The number of nitrogens with zero attached hydrogens (tertiary/aromatic N) is 1. The van der Waals surface area contributed by atoms with Crippen LogP contribution in [-0.2, 0) is 0 Å². The number of hydrogen-bond acceptors (Lipinski definition) is 3. The van der Waals surface area contributed by atoms with Crippen LogP contribution in [0.5, 0.6) is 0 Å². The zero-order valence-corrected chi connectivity index (χ0v) is 10.4. The molecule has 0 aromatic rings. The van der Waals surface area contributed by atoms with Crippen LogP contribution in [0.3, 0.4) is 0 Å². The third kappa shape index (κ3) is 4.49. The lowest BCUT2D eigenvalue weighted by atomic mass is 10.0. The molecule has 0 aromatic heterocycles. The SMILES string of the molecule is CC[C@@H](O)CNC1CCN(C(C)C)CC1. The van der Waals surface area contributed by atoms with Crippen molar-refractivity contribution in [3.05, 3.63) is 0 Å². The highest BCUT2D eigenvalue weighted by atomic mass is 16.3. The number of piperidine rings is 1. The van der Waals surface area contributed by atoms with Crippen molar-refractivity contribution in [3.63, 3.8) is 0 Å². The van der Waals surface area contributed by atoms with Gasteiger partial charge in [0.15, 0.2) is 0 Å². The number of likely N-dealkylation sites (tertiary alicyclic amines) is 1. The Kier molecular flexibility index (Phi) is 5.58. The summed E-state index contributed by atoms with van der Waals surface area (Å²) in [5.74, 6) is 0. The lowest BCUT2D eigenvalue weighted by Gasteiger charge is -2.35. The molecule has 0 aliphatic carbocycles. The Labute approximate surface area is 93.9 Å². The zero-order valence-electron chi connectivity index (χ0n) is 10.4. The molecule has 1 aliphatic heterocycles. The normalized spacial score (nSPS) is 22.2. The molecule has 3 nitrogen and oxygen atoms in total. The first kappa shape index (κ1) is 12.9. The predicted octanol–water partition coefficient (Wildman–Crippen LogP) is 1.22. The van der Waals surface area contributed by atoms with Gasteiger partial charge in [-0.15, -0.1) is 0 Å². The van der Waals surface area contributed by atoms with E-state index >= 15 is 0 Å². The van der Waals surface area contributed by atoms with Crippen molar-refractivity contribution in [3.8, 4) is 0 Å². The highest BCUT2D eigenvalue weighted by Crippen LogP contribution is 2.12. The van der Waals surface area contributed by atoms with Crippen LogP contribution < -0.4 is 5.32 Å². The minimum atomic E-state index is -0.173. The van der Waals surface area contributed by atoms with Gasteiger partial charge in [-0.3, -0.25) is 0 Å². The van der Waals surface area contributed by atoms with Crippen molar-refractivity contribution in [2.45, 2.75) is 58.2 Å². The molecule has 90 valence electrons. The van der Waals surface area contributed by atoms with Crippen LogP contribution in [0.4, 0.5) is 0 Å². The van der Waals surface area contributed by atoms with E-state index in [0.717, 1.165) is 13.0 Å². The minimum absolute atomic E-state index is 0.173. The van der Waals surface area contributed by atoms with Crippen molar-refractivity contribution >= 4 is 0 Å². The van der Waals surface area contributed by atoms with E-state index in [4.69, 9.17) is 0 Å². The molecule has 1 atom stereocenters. The molecule has 1 fully saturated rings. The standard InChI is InChI=1S/C12H26N2O/c1-4-12(15)9-13-11-5-7-14(8-6-11)10(2)3/h10-13,15H,4-9H2,1-3H3/t12-/m1/s1. The summed E-state index contributed by atoms with van der Waals surface area (Å²) >= 11 is 0. The summed E-state index contributed by atoms with van der Waals surface area (Å²) in [4.78, 5) is 2.52. The average molecular weight is 214 g/mol. The fourth-order valence-electron chi connectivity index (χ4n) is 2.07. The van der Waals surface area contributed by atoms with Gasteiger partial charge in [-0.1, -0.05) is 6.92 Å². The van der Waals surface area contributed by atoms with Crippen molar-refractivity contribution < 1.29 is 5.11 Å². The van der Waals surface area contributed by atoms with E-state index in [0.29, 0.717) is 12.1 Å². The van der Waals surface area contributed by atoms with Crippen molar-refractivity contribution in [2.75, 3.05) is 19.6 Å². The van der Waals surface area contributed by atoms with Crippen LogP contribution in [-0.4, -0.2) is 47.8 Å². The number of aliphatic hydroxyl groups excluding tert-OH is 1. The summed E-state index contributed by atoms with van der Waals surface area (Å²) in [6.45, 7) is 9.68. The third-order valence-electron chi connectivity index (χ3n) is 3.37. The first-order valence-corrected chi connectivity index (χ1v) is 6.29. The molecule has 0 saturated carbocycles. The number of aliphatic hydroxyl groups is 1. The molecule has 2 N–H and O–H groups in total. The number of rotatable bonds is 5. The van der Waals surface area contributed by atoms with Crippen LogP contribution in [0.25, 0.3) is 0 Å². The van der Waals surface area contributed by atoms with E-state index in [1.165, 1.54) is 25.9 Å². The van der Waals surface area contributed by atoms with Gasteiger partial charge in [-0.05, 0) is 46.2 Å². The number of nitrogens with one attached hydrogen (secondary N) is 1. The van der Waals surface area contributed by atoms with Gasteiger partial charge in [0.25, 0.3) is 0 Å². The Morgan fingerprint density at radius 1 is 1.33 bits per heavy atom. The van der Waals surface area contributed by atoms with Gasteiger partial charge in [-0.25, -0.2) is 0 Å². The summed E-state index contributed by atoms with van der Waals surface area (Å²) in [5.41, 5.74) is 0. The number of hydrogen-bond donors (Lipinski definition) is 2. The Bertz CT molecular complexity index is 165. The van der Waals surface area contributed by atoms with Crippen molar-refractivity contribution in [1.29, 1.82) is 0 Å². The van der Waals surface area contributed by atoms with Gasteiger partial charge < -0.3 is 15.3 Å². The molecule has 1 saturated heterocycles. The van der Waals surface area contributed by atoms with Gasteiger partial charge in [-0.2, -0.15) is 0 Å². The van der Waals surface area contributed by atoms with Crippen LogP contribution in [0.1, 0.15) is 40.0 Å². The van der Waals surface area contributed by atoms with E-state index in [1.807, 2.05) is 6.92 Å². The van der Waals surface area contributed by atoms with E-state index in [2.05, 4.69) is 24.1 Å². The summed E-state index contributed by atoms with van der Waals surface area (Å²) in [6.07, 6.45) is 3.11. The Balaban J connectivity index is 2.14. The molecule has 1 aliphatic rings. The van der Waals surface area contributed by atoms with E-state index in [-0.39, 0.29) is 6.10 Å². The minimum Gasteiger partial charge on any atom is -0.392 e. The topological polar surface area (TPSA) is 35.5 Å². The summed E-state index contributed by atoms with van der Waals surface area (Å²) in [5, 5.41) is 12.9. The van der Waals surface area contributed by atoms with E-state index < -0.39 is 0 Å². The second kappa shape index (κ2) is 6.46. The second-order valence-corrected chi connectivity index (χ2v) is 4.87. The molecule has 15 heavy (non-hydrogen) atoms. The average Bonchev–Trinajstić information content (AvgIpc) is 2.26. The zero-order chi connectivity index (χ0) is 11.3. The smallest absolute Gasteiger partial charge is 0.0662 e.